The van der Waals surface area contributed by atoms with E-state index in [1.54, 1.807) is 31.8 Å². The summed E-state index contributed by atoms with van der Waals surface area (Å²) < 4.78 is 18.7. The molecule has 73 heavy (non-hydrogen) atoms. The number of nitrogens with one attached hydrogen (secondary N) is 4. The van der Waals surface area contributed by atoms with Crippen LogP contribution >= 0.6 is 30.1 Å². The zero-order chi connectivity index (χ0) is 52.5. The van der Waals surface area contributed by atoms with E-state index in [0.717, 1.165) is 85.8 Å². The number of aliphatic hydroxyl groups excluding tert-OH is 1. The van der Waals surface area contributed by atoms with Gasteiger partial charge in [-0.25, -0.2) is 9.97 Å². The van der Waals surface area contributed by atoms with Crippen LogP contribution in [0.1, 0.15) is 89.9 Å². The van der Waals surface area contributed by atoms with Crippen molar-refractivity contribution in [3.63, 3.8) is 0 Å². The number of methoxy groups -OCH3 is 1. The number of hydrogen-bond donors (Lipinski definition) is 5. The number of aryl methyl sites for hydroxylation is 1. The molecule has 0 aliphatic carbocycles. The van der Waals surface area contributed by atoms with Crippen LogP contribution in [0.2, 0.25) is 5.02 Å². The van der Waals surface area contributed by atoms with Crippen molar-refractivity contribution in [2.24, 2.45) is 5.41 Å². The van der Waals surface area contributed by atoms with Crippen LogP contribution in [0, 0.1) is 12.3 Å². The molecular weight excluding hydrogens is 983 g/mol. The standard InChI is InChI=1S/C54H72ClN10O6PS/c1-35(37-19-21-38(22-20-37)48-36(2)57-34-73-48)58-51(68)44-31-40(66)33-65(44)52(69)49(54(3,4)5)61-47(67)18-12-10-9-11-15-25-63-26-28-64(29-27-63)39-23-24-42(45(30-39)71-6)60-53-56-32-41(55)50(62-53)59-43-16-13-14-17-46(43)72(7,8)70/h13-14,16-17,19-24,30,32,34-35,40,44,49,66H,9-12,15,18,25-29,31,33H2,1-8H3,(H,58,68)(H,61,67)(H2,56,59,60,62)/t35-,40+,44-,49+/m0/s1. The molecular formula is C54H72ClN10O6PS. The molecule has 4 heterocycles. The second-order valence-corrected chi connectivity index (χ2v) is 25.1. The van der Waals surface area contributed by atoms with Gasteiger partial charge in [0.25, 0.3) is 0 Å². The smallest absolute Gasteiger partial charge is 0.246 e. The molecule has 2 saturated heterocycles. The molecule has 19 heteroatoms. The quantitative estimate of drug-likeness (QED) is 0.0345. The van der Waals surface area contributed by atoms with Gasteiger partial charge in [-0.1, -0.05) is 88.0 Å². The van der Waals surface area contributed by atoms with Gasteiger partial charge in [-0.2, -0.15) is 4.98 Å². The third-order valence-electron chi connectivity index (χ3n) is 13.6. The van der Waals surface area contributed by atoms with Gasteiger partial charge in [0, 0.05) is 62.6 Å². The molecule has 0 saturated carbocycles. The SMILES string of the molecule is COc1cc(N2CCN(CCCCCCCC(=O)N[C@H](C(=O)N3C[C@H](O)C[C@H]3C(=O)N[C@@H](C)c3ccc(-c4scnc4C)cc3)C(C)(C)C)CC2)ccc1Nc1ncc(Cl)c(Nc2ccccc2P(C)(C)=O)n1. The summed E-state index contributed by atoms with van der Waals surface area (Å²) in [6.45, 7) is 17.8. The molecule has 392 valence electrons. The number of para-hydroxylation sites is 1. The number of rotatable bonds is 21. The van der Waals surface area contributed by atoms with E-state index in [1.165, 1.54) is 11.1 Å². The summed E-state index contributed by atoms with van der Waals surface area (Å²) in [6.07, 6.45) is 5.89. The molecule has 2 fully saturated rings. The number of anilines is 5. The Morgan fingerprint density at radius 1 is 0.918 bits per heavy atom. The maximum atomic E-state index is 14.2. The third kappa shape index (κ3) is 14.6. The minimum absolute atomic E-state index is 0.0278. The lowest BCUT2D eigenvalue weighted by Gasteiger charge is -2.36. The number of unbranched alkanes of at least 4 members (excludes halogenated alkanes) is 4. The Morgan fingerprint density at radius 2 is 1.63 bits per heavy atom. The highest BCUT2D eigenvalue weighted by Crippen LogP contribution is 2.39. The summed E-state index contributed by atoms with van der Waals surface area (Å²) in [5.74, 6) is 0.490. The Hall–Kier alpha value is -5.58. The molecule has 5 aromatic rings. The molecule has 5 N–H and O–H groups in total. The van der Waals surface area contributed by atoms with E-state index in [-0.39, 0.29) is 36.7 Å². The lowest BCUT2D eigenvalue weighted by molar-refractivity contribution is -0.144. The van der Waals surface area contributed by atoms with Crippen LogP contribution in [0.25, 0.3) is 10.4 Å². The zero-order valence-electron chi connectivity index (χ0n) is 43.4. The fourth-order valence-corrected chi connectivity index (χ4v) is 11.5. The highest BCUT2D eigenvalue weighted by molar-refractivity contribution is 7.70. The number of aliphatic hydroxyl groups is 1. The van der Waals surface area contributed by atoms with Gasteiger partial charge in [-0.05, 0) is 87.4 Å². The second kappa shape index (κ2) is 24.6. The highest BCUT2D eigenvalue weighted by Gasteiger charge is 2.44. The number of ether oxygens (including phenoxy) is 1. The van der Waals surface area contributed by atoms with E-state index in [0.29, 0.717) is 52.1 Å². The van der Waals surface area contributed by atoms with Crippen LogP contribution in [0.4, 0.5) is 28.8 Å². The number of nitrogens with zero attached hydrogens (tertiary/aromatic N) is 6. The molecule has 2 aliphatic rings. The van der Waals surface area contributed by atoms with Gasteiger partial charge in [-0.15, -0.1) is 11.3 Å². The van der Waals surface area contributed by atoms with E-state index in [9.17, 15) is 24.1 Å². The maximum Gasteiger partial charge on any atom is 0.246 e. The van der Waals surface area contributed by atoms with Gasteiger partial charge in [0.2, 0.25) is 23.7 Å². The molecule has 2 aliphatic heterocycles. The fraction of sp³-hybridized carbons (Fsp3) is 0.481. The number of β-amino-alcohol motifs (C(OH)–C–C–N with tert-alkyl or cyclic N) is 1. The molecule has 16 nitrogen and oxygen atoms in total. The molecule has 4 atom stereocenters. The summed E-state index contributed by atoms with van der Waals surface area (Å²) in [6, 6.07) is 19.4. The topological polar surface area (TPSA) is 194 Å². The molecule has 7 rings (SSSR count). The Kier molecular flexibility index (Phi) is 18.6. The van der Waals surface area contributed by atoms with Gasteiger partial charge < -0.3 is 45.5 Å². The number of piperazine rings is 1. The van der Waals surface area contributed by atoms with Gasteiger partial charge in [-0.3, -0.25) is 19.3 Å². The van der Waals surface area contributed by atoms with Crippen molar-refractivity contribution in [2.75, 3.05) is 75.2 Å². The number of carbonyl (C=O) groups is 3. The highest BCUT2D eigenvalue weighted by atomic mass is 35.5. The zero-order valence-corrected chi connectivity index (χ0v) is 45.9. The first-order chi connectivity index (χ1) is 34.8. The van der Waals surface area contributed by atoms with Crippen molar-refractivity contribution in [3.8, 4) is 16.2 Å². The van der Waals surface area contributed by atoms with Crippen molar-refractivity contribution in [3.05, 3.63) is 94.7 Å². The first-order valence-electron chi connectivity index (χ1n) is 25.2. The number of likely N-dealkylation sites (tertiary alicyclic amines) is 1. The summed E-state index contributed by atoms with van der Waals surface area (Å²) in [5.41, 5.74) is 6.61. The van der Waals surface area contributed by atoms with Crippen molar-refractivity contribution >= 4 is 81.9 Å². The fourth-order valence-electron chi connectivity index (χ4n) is 9.42. The number of halogens is 1. The van der Waals surface area contributed by atoms with Crippen LogP contribution in [-0.4, -0.2) is 125 Å². The Bertz CT molecular complexity index is 2740. The van der Waals surface area contributed by atoms with Crippen molar-refractivity contribution in [1.82, 2.24) is 35.4 Å². The normalized spacial score (nSPS) is 17.2. The maximum absolute atomic E-state index is 14.2. The summed E-state index contributed by atoms with van der Waals surface area (Å²) in [5, 5.41) is 24.3. The summed E-state index contributed by atoms with van der Waals surface area (Å²) in [7, 11) is -0.924. The Balaban J connectivity index is 0.810. The van der Waals surface area contributed by atoms with Gasteiger partial charge >= 0.3 is 0 Å². The average Bonchev–Trinajstić information content (AvgIpc) is 3.98. The molecule has 2 aromatic heterocycles. The van der Waals surface area contributed by atoms with E-state index in [2.05, 4.69) is 52.1 Å². The van der Waals surface area contributed by atoms with Crippen LogP contribution in [-0.2, 0) is 18.9 Å². The molecule has 0 unspecified atom stereocenters. The van der Waals surface area contributed by atoms with E-state index < -0.39 is 30.7 Å². The molecule has 3 amide bonds. The van der Waals surface area contributed by atoms with Gasteiger partial charge in [0.05, 0.1) is 52.9 Å². The Labute approximate surface area is 439 Å². The largest absolute Gasteiger partial charge is 0.494 e. The number of benzene rings is 3. The lowest BCUT2D eigenvalue weighted by atomic mass is 9.85. The van der Waals surface area contributed by atoms with E-state index in [1.807, 2.05) is 101 Å². The first kappa shape index (κ1) is 55.2. The number of carbonyl (C=O) groups excluding carboxylic acids is 3. The lowest BCUT2D eigenvalue weighted by Crippen LogP contribution is -2.57. The molecule has 0 bridgehead atoms. The van der Waals surface area contributed by atoms with Crippen molar-refractivity contribution < 1.29 is 28.8 Å². The van der Waals surface area contributed by atoms with Crippen molar-refractivity contribution in [2.45, 2.75) is 104 Å². The van der Waals surface area contributed by atoms with E-state index in [4.69, 9.17) is 16.3 Å². The van der Waals surface area contributed by atoms with Gasteiger partial charge in [0.1, 0.15) is 30.0 Å². The van der Waals surface area contributed by atoms with Crippen LogP contribution in [0.3, 0.4) is 0 Å². The third-order valence-corrected chi connectivity index (χ3v) is 16.4. The second-order valence-electron chi connectivity index (χ2n) is 20.6. The average molecular weight is 1060 g/mol. The number of amides is 3. The molecule has 0 radical (unpaired) electrons. The minimum atomic E-state index is -2.56. The molecule has 0 spiro atoms. The predicted molar refractivity (Wildman–Crippen MR) is 295 cm³/mol. The predicted octanol–water partition coefficient (Wildman–Crippen LogP) is 9.14. The van der Waals surface area contributed by atoms with Gasteiger partial charge in [0.15, 0.2) is 5.82 Å². The molecule has 3 aromatic carbocycles. The summed E-state index contributed by atoms with van der Waals surface area (Å²) >= 11 is 8.07. The monoisotopic (exact) mass is 1050 g/mol. The first-order valence-corrected chi connectivity index (χ1v) is 29.1. The van der Waals surface area contributed by atoms with Crippen molar-refractivity contribution in [1.29, 1.82) is 0 Å². The number of thiazole rings is 1. The number of hydrogen-bond acceptors (Lipinski definition) is 14. The van der Waals surface area contributed by atoms with Crippen LogP contribution < -0.4 is 36.2 Å². The summed E-state index contributed by atoms with van der Waals surface area (Å²) in [4.78, 5) is 61.9. The van der Waals surface area contributed by atoms with E-state index >= 15 is 0 Å². The van der Waals surface area contributed by atoms with Crippen LogP contribution in [0.15, 0.2) is 78.4 Å². The van der Waals surface area contributed by atoms with Crippen LogP contribution in [0.5, 0.6) is 5.75 Å². The minimum Gasteiger partial charge on any atom is -0.494 e. The number of aromatic nitrogens is 3. The Morgan fingerprint density at radius 3 is 2.32 bits per heavy atom.